The summed E-state index contributed by atoms with van der Waals surface area (Å²) >= 11 is 5.65. The van der Waals surface area contributed by atoms with E-state index in [2.05, 4.69) is 0 Å². The number of benzene rings is 2. The Labute approximate surface area is 114 Å². The van der Waals surface area contributed by atoms with Crippen molar-refractivity contribution < 1.29 is 19.0 Å². The molecule has 0 spiro atoms. The van der Waals surface area contributed by atoms with Gasteiger partial charge in [0.15, 0.2) is 0 Å². The van der Waals surface area contributed by atoms with E-state index in [1.807, 2.05) is 0 Å². The van der Waals surface area contributed by atoms with E-state index in [1.54, 1.807) is 19.1 Å². The molecule has 0 saturated carbocycles. The number of ether oxygens (including phenoxy) is 1. The average Bonchev–Trinajstić information content (AvgIpc) is 2.36. The van der Waals surface area contributed by atoms with Crippen molar-refractivity contribution in [1.82, 2.24) is 0 Å². The second kappa shape index (κ2) is 5.28. The minimum Gasteiger partial charge on any atom is -0.478 e. The standard InChI is InChI=1S/C14H10ClFO3/c1-8-3-2-4-10(14(17)18)13(8)19-9-5-6-12(16)11(15)7-9/h2-7H,1H3,(H,17,18). The van der Waals surface area contributed by atoms with Gasteiger partial charge in [0.2, 0.25) is 0 Å². The van der Waals surface area contributed by atoms with Crippen LogP contribution >= 0.6 is 11.6 Å². The molecule has 0 amide bonds. The van der Waals surface area contributed by atoms with Crippen LogP contribution in [0.2, 0.25) is 5.02 Å². The number of carboxylic acid groups (broad SMARTS) is 1. The first-order chi connectivity index (χ1) is 8.99. The highest BCUT2D eigenvalue weighted by Gasteiger charge is 2.14. The Kier molecular flexibility index (Phi) is 3.71. The lowest BCUT2D eigenvalue weighted by Gasteiger charge is -2.11. The van der Waals surface area contributed by atoms with E-state index in [0.29, 0.717) is 5.56 Å². The Bertz CT molecular complexity index is 641. The number of hydrogen-bond donors (Lipinski definition) is 1. The predicted molar refractivity (Wildman–Crippen MR) is 69.6 cm³/mol. The van der Waals surface area contributed by atoms with E-state index in [9.17, 15) is 9.18 Å². The topological polar surface area (TPSA) is 46.5 Å². The van der Waals surface area contributed by atoms with Crippen LogP contribution in [-0.2, 0) is 0 Å². The molecule has 0 radical (unpaired) electrons. The third kappa shape index (κ3) is 2.85. The number of rotatable bonds is 3. The highest BCUT2D eigenvalue weighted by atomic mass is 35.5. The Morgan fingerprint density at radius 3 is 2.68 bits per heavy atom. The zero-order chi connectivity index (χ0) is 14.0. The second-order valence-electron chi connectivity index (χ2n) is 3.93. The van der Waals surface area contributed by atoms with Gasteiger partial charge in [-0.1, -0.05) is 23.7 Å². The number of carbonyl (C=O) groups is 1. The summed E-state index contributed by atoms with van der Waals surface area (Å²) in [5.74, 6) is -1.15. The van der Waals surface area contributed by atoms with E-state index in [-0.39, 0.29) is 22.1 Å². The Morgan fingerprint density at radius 1 is 1.32 bits per heavy atom. The lowest BCUT2D eigenvalue weighted by atomic mass is 10.1. The van der Waals surface area contributed by atoms with Crippen LogP contribution in [0.4, 0.5) is 4.39 Å². The van der Waals surface area contributed by atoms with Gasteiger partial charge >= 0.3 is 5.97 Å². The van der Waals surface area contributed by atoms with Gasteiger partial charge in [-0.2, -0.15) is 0 Å². The van der Waals surface area contributed by atoms with Gasteiger partial charge in [0.25, 0.3) is 0 Å². The van der Waals surface area contributed by atoms with Crippen LogP contribution in [-0.4, -0.2) is 11.1 Å². The third-order valence-corrected chi connectivity index (χ3v) is 2.84. The molecule has 2 aromatic carbocycles. The molecule has 0 aliphatic carbocycles. The molecule has 0 aliphatic rings. The van der Waals surface area contributed by atoms with Gasteiger partial charge in [-0.25, -0.2) is 9.18 Å². The molecule has 5 heteroatoms. The molecule has 0 heterocycles. The number of aromatic carboxylic acids is 1. The van der Waals surface area contributed by atoms with Crippen LogP contribution in [0.3, 0.4) is 0 Å². The lowest BCUT2D eigenvalue weighted by Crippen LogP contribution is -2.01. The number of aryl methyl sites for hydroxylation is 1. The zero-order valence-corrected chi connectivity index (χ0v) is 10.7. The molecule has 3 nitrogen and oxygen atoms in total. The fourth-order valence-electron chi connectivity index (χ4n) is 1.61. The van der Waals surface area contributed by atoms with Crippen LogP contribution in [0.15, 0.2) is 36.4 Å². The molecule has 0 aromatic heterocycles. The first-order valence-corrected chi connectivity index (χ1v) is 5.82. The summed E-state index contributed by atoms with van der Waals surface area (Å²) in [6.07, 6.45) is 0. The van der Waals surface area contributed by atoms with Gasteiger partial charge in [-0.15, -0.1) is 0 Å². The Balaban J connectivity index is 2.42. The molecule has 2 aromatic rings. The van der Waals surface area contributed by atoms with Crippen LogP contribution in [0.1, 0.15) is 15.9 Å². The number of carboxylic acids is 1. The second-order valence-corrected chi connectivity index (χ2v) is 4.34. The molecule has 0 saturated heterocycles. The van der Waals surface area contributed by atoms with Crippen LogP contribution in [0.25, 0.3) is 0 Å². The molecule has 2 rings (SSSR count). The summed E-state index contributed by atoms with van der Waals surface area (Å²) < 4.78 is 18.5. The van der Waals surface area contributed by atoms with Gasteiger partial charge in [-0.3, -0.25) is 0 Å². The molecular formula is C14H10ClFO3. The highest BCUT2D eigenvalue weighted by molar-refractivity contribution is 6.30. The molecule has 0 atom stereocenters. The fraction of sp³-hybridized carbons (Fsp3) is 0.0714. The summed E-state index contributed by atoms with van der Waals surface area (Å²) in [5, 5.41) is 9.02. The van der Waals surface area contributed by atoms with Gasteiger partial charge in [-0.05, 0) is 30.7 Å². The normalized spacial score (nSPS) is 10.3. The lowest BCUT2D eigenvalue weighted by molar-refractivity contribution is 0.0694. The summed E-state index contributed by atoms with van der Waals surface area (Å²) in [4.78, 5) is 11.1. The molecule has 19 heavy (non-hydrogen) atoms. The molecule has 0 bridgehead atoms. The molecule has 0 fully saturated rings. The molecule has 0 unspecified atom stereocenters. The molecular weight excluding hydrogens is 271 g/mol. The monoisotopic (exact) mass is 280 g/mol. The summed E-state index contributed by atoms with van der Waals surface area (Å²) in [6.45, 7) is 1.73. The number of halogens is 2. The third-order valence-electron chi connectivity index (χ3n) is 2.55. The Hall–Kier alpha value is -2.07. The minimum absolute atomic E-state index is 0.0421. The van der Waals surface area contributed by atoms with Gasteiger partial charge in [0, 0.05) is 6.07 Å². The first kappa shape index (κ1) is 13.4. The van der Waals surface area contributed by atoms with Gasteiger partial charge < -0.3 is 9.84 Å². The minimum atomic E-state index is -1.09. The quantitative estimate of drug-likeness (QED) is 0.913. The highest BCUT2D eigenvalue weighted by Crippen LogP contribution is 2.31. The maximum atomic E-state index is 13.0. The number of hydrogen-bond acceptors (Lipinski definition) is 2. The smallest absolute Gasteiger partial charge is 0.339 e. The summed E-state index contributed by atoms with van der Waals surface area (Å²) in [6, 6.07) is 8.65. The van der Waals surface area contributed by atoms with Crippen molar-refractivity contribution in [3.05, 3.63) is 58.4 Å². The zero-order valence-electron chi connectivity index (χ0n) is 9.98. The van der Waals surface area contributed by atoms with E-state index < -0.39 is 11.8 Å². The molecule has 0 aliphatic heterocycles. The van der Waals surface area contributed by atoms with Crippen molar-refractivity contribution in [2.24, 2.45) is 0 Å². The van der Waals surface area contributed by atoms with Crippen LogP contribution in [0, 0.1) is 12.7 Å². The maximum absolute atomic E-state index is 13.0. The van der Waals surface area contributed by atoms with E-state index >= 15 is 0 Å². The first-order valence-electron chi connectivity index (χ1n) is 5.45. The van der Waals surface area contributed by atoms with Crippen molar-refractivity contribution in [3.8, 4) is 11.5 Å². The van der Waals surface area contributed by atoms with Crippen LogP contribution in [0.5, 0.6) is 11.5 Å². The van der Waals surface area contributed by atoms with E-state index in [4.69, 9.17) is 21.4 Å². The Morgan fingerprint density at radius 2 is 2.05 bits per heavy atom. The average molecular weight is 281 g/mol. The van der Waals surface area contributed by atoms with Crippen LogP contribution < -0.4 is 4.74 Å². The maximum Gasteiger partial charge on any atom is 0.339 e. The van der Waals surface area contributed by atoms with Crippen molar-refractivity contribution in [1.29, 1.82) is 0 Å². The van der Waals surface area contributed by atoms with Gasteiger partial charge in [0.05, 0.1) is 5.02 Å². The SMILES string of the molecule is Cc1cccc(C(=O)O)c1Oc1ccc(F)c(Cl)c1. The summed E-state index contributed by atoms with van der Waals surface area (Å²) in [7, 11) is 0. The largest absolute Gasteiger partial charge is 0.478 e. The van der Waals surface area contributed by atoms with E-state index in [1.165, 1.54) is 18.2 Å². The van der Waals surface area contributed by atoms with Crippen molar-refractivity contribution in [2.75, 3.05) is 0 Å². The molecule has 98 valence electrons. The predicted octanol–water partition coefficient (Wildman–Crippen LogP) is 4.28. The van der Waals surface area contributed by atoms with Crippen molar-refractivity contribution in [2.45, 2.75) is 6.92 Å². The fourth-order valence-corrected chi connectivity index (χ4v) is 1.79. The van der Waals surface area contributed by atoms with E-state index in [0.717, 1.165) is 6.07 Å². The van der Waals surface area contributed by atoms with Crippen molar-refractivity contribution in [3.63, 3.8) is 0 Å². The number of para-hydroxylation sites is 1. The molecule has 1 N–H and O–H groups in total. The van der Waals surface area contributed by atoms with Gasteiger partial charge in [0.1, 0.15) is 22.9 Å². The summed E-state index contributed by atoms with van der Waals surface area (Å²) in [5.41, 5.74) is 0.709. The van der Waals surface area contributed by atoms with Crippen molar-refractivity contribution >= 4 is 17.6 Å².